The Hall–Kier alpha value is -3.97. The van der Waals surface area contributed by atoms with E-state index in [1.807, 2.05) is 0 Å². The van der Waals surface area contributed by atoms with Crippen LogP contribution in [0.2, 0.25) is 5.02 Å². The molecule has 36 heavy (non-hydrogen) atoms. The van der Waals surface area contributed by atoms with Crippen molar-refractivity contribution in [2.75, 3.05) is 10.8 Å². The lowest BCUT2D eigenvalue weighted by Crippen LogP contribution is -2.39. The number of nitrogens with zero attached hydrogens (tertiary/aromatic N) is 3. The molecule has 0 aliphatic heterocycles. The molecule has 0 heterocycles. The standard InChI is InChI=1S/C22H16ClF3N4O5S/c23-20-11-10-17(12-19(20)22(24,25)26)29(36(34,35)18-4-2-1-3-5-18)14-21(31)28-27-13-15-6-8-16(9-7-15)30(32)33/h1-13H,14H2,(H,28,31)/b27-13-. The van der Waals surface area contributed by atoms with Crippen molar-refractivity contribution in [3.05, 3.63) is 99.1 Å². The fraction of sp³-hybridized carbons (Fsp3) is 0.0909. The van der Waals surface area contributed by atoms with Gasteiger partial charge in [0, 0.05) is 12.1 Å². The van der Waals surface area contributed by atoms with Gasteiger partial charge in [0.25, 0.3) is 21.6 Å². The van der Waals surface area contributed by atoms with Gasteiger partial charge in [0.2, 0.25) is 0 Å². The Bertz CT molecular complexity index is 1400. The van der Waals surface area contributed by atoms with E-state index < -0.39 is 49.8 Å². The summed E-state index contributed by atoms with van der Waals surface area (Å²) >= 11 is 5.65. The zero-order chi connectivity index (χ0) is 26.5. The predicted octanol–water partition coefficient (Wildman–Crippen LogP) is 4.61. The number of benzene rings is 3. The first-order chi connectivity index (χ1) is 16.9. The number of hydrogen-bond donors (Lipinski definition) is 1. The molecule has 3 rings (SSSR count). The summed E-state index contributed by atoms with van der Waals surface area (Å²) in [5.41, 5.74) is 0.617. The van der Waals surface area contributed by atoms with E-state index in [9.17, 15) is 36.5 Å². The topological polar surface area (TPSA) is 122 Å². The van der Waals surface area contributed by atoms with E-state index in [0.717, 1.165) is 18.3 Å². The molecular weight excluding hydrogens is 525 g/mol. The second-order valence-electron chi connectivity index (χ2n) is 7.13. The predicted molar refractivity (Wildman–Crippen MR) is 126 cm³/mol. The zero-order valence-electron chi connectivity index (χ0n) is 18.0. The van der Waals surface area contributed by atoms with Crippen molar-refractivity contribution in [3.63, 3.8) is 0 Å². The van der Waals surface area contributed by atoms with Gasteiger partial charge in [0.1, 0.15) is 6.54 Å². The summed E-state index contributed by atoms with van der Waals surface area (Å²) in [6.45, 7) is -0.909. The molecule has 0 radical (unpaired) electrons. The molecule has 0 saturated heterocycles. The molecule has 0 atom stereocenters. The second kappa shape index (κ2) is 10.7. The number of alkyl halides is 3. The highest BCUT2D eigenvalue weighted by atomic mass is 35.5. The van der Waals surface area contributed by atoms with E-state index in [2.05, 4.69) is 10.5 Å². The Morgan fingerprint density at radius 3 is 2.31 bits per heavy atom. The maximum absolute atomic E-state index is 13.4. The number of carbonyl (C=O) groups excluding carboxylic acids is 1. The van der Waals surface area contributed by atoms with E-state index in [-0.39, 0.29) is 10.6 Å². The van der Waals surface area contributed by atoms with Crippen LogP contribution >= 0.6 is 11.6 Å². The van der Waals surface area contributed by atoms with Gasteiger partial charge in [-0.25, -0.2) is 13.8 Å². The summed E-state index contributed by atoms with van der Waals surface area (Å²) in [5.74, 6) is -0.962. The third-order valence-corrected chi connectivity index (χ3v) is 6.79. The summed E-state index contributed by atoms with van der Waals surface area (Å²) in [6.07, 6.45) is -3.71. The molecule has 0 unspecified atom stereocenters. The van der Waals surface area contributed by atoms with Gasteiger partial charge < -0.3 is 0 Å². The highest BCUT2D eigenvalue weighted by molar-refractivity contribution is 7.92. The van der Waals surface area contributed by atoms with Gasteiger partial charge in [0.15, 0.2) is 0 Å². The molecule has 0 fully saturated rings. The van der Waals surface area contributed by atoms with Crippen molar-refractivity contribution in [3.8, 4) is 0 Å². The SMILES string of the molecule is O=C(CN(c1ccc(Cl)c(C(F)(F)F)c1)S(=O)(=O)c1ccccc1)N/N=C\c1ccc([N+](=O)[O-])cc1. The fourth-order valence-corrected chi connectivity index (χ4v) is 4.61. The van der Waals surface area contributed by atoms with Crippen LogP contribution in [0.15, 0.2) is 82.8 Å². The van der Waals surface area contributed by atoms with Crippen molar-refractivity contribution >= 4 is 45.1 Å². The molecule has 0 aliphatic carbocycles. The van der Waals surface area contributed by atoms with Gasteiger partial charge in [0.05, 0.1) is 32.3 Å². The summed E-state index contributed by atoms with van der Waals surface area (Å²) in [4.78, 5) is 22.4. The quantitative estimate of drug-likeness (QED) is 0.254. The number of carbonyl (C=O) groups is 1. The Balaban J connectivity index is 1.89. The lowest BCUT2D eigenvalue weighted by molar-refractivity contribution is -0.384. The number of amides is 1. The molecular formula is C22H16ClF3N4O5S. The van der Waals surface area contributed by atoms with Gasteiger partial charge in [-0.2, -0.15) is 18.3 Å². The molecule has 0 spiro atoms. The normalized spacial score (nSPS) is 11.9. The summed E-state index contributed by atoms with van der Waals surface area (Å²) in [6, 6.07) is 14.5. The third-order valence-electron chi connectivity index (χ3n) is 4.67. The van der Waals surface area contributed by atoms with E-state index in [4.69, 9.17) is 11.6 Å². The first kappa shape index (κ1) is 26.6. The minimum Gasteiger partial charge on any atom is -0.271 e. The molecule has 0 aliphatic rings. The number of nitrogens with one attached hydrogen (secondary N) is 1. The van der Waals surface area contributed by atoms with Gasteiger partial charge in [-0.15, -0.1) is 0 Å². The maximum Gasteiger partial charge on any atom is 0.417 e. The van der Waals surface area contributed by atoms with Gasteiger partial charge in [-0.3, -0.25) is 19.2 Å². The average molecular weight is 541 g/mol. The number of nitro groups is 1. The van der Waals surface area contributed by atoms with Crippen LogP contribution in [0, 0.1) is 10.1 Å². The van der Waals surface area contributed by atoms with Crippen LogP contribution in [0.25, 0.3) is 0 Å². The molecule has 1 N–H and O–H groups in total. The number of halogens is 4. The van der Waals surface area contributed by atoms with E-state index in [0.29, 0.717) is 15.9 Å². The van der Waals surface area contributed by atoms with Crippen LogP contribution in [-0.4, -0.2) is 32.0 Å². The lowest BCUT2D eigenvalue weighted by Gasteiger charge is -2.24. The number of nitro benzene ring substituents is 1. The van der Waals surface area contributed by atoms with Crippen molar-refractivity contribution < 1.29 is 31.3 Å². The molecule has 3 aromatic carbocycles. The molecule has 9 nitrogen and oxygen atoms in total. The van der Waals surface area contributed by atoms with E-state index in [1.54, 1.807) is 6.07 Å². The van der Waals surface area contributed by atoms with Crippen LogP contribution in [0.3, 0.4) is 0 Å². The van der Waals surface area contributed by atoms with Crippen molar-refractivity contribution in [2.45, 2.75) is 11.1 Å². The van der Waals surface area contributed by atoms with Crippen molar-refractivity contribution in [1.82, 2.24) is 5.43 Å². The molecule has 188 valence electrons. The van der Waals surface area contributed by atoms with Gasteiger partial charge >= 0.3 is 6.18 Å². The third kappa shape index (κ3) is 6.37. The summed E-state index contributed by atoms with van der Waals surface area (Å²) in [7, 11) is -4.47. The highest BCUT2D eigenvalue weighted by Crippen LogP contribution is 2.38. The summed E-state index contributed by atoms with van der Waals surface area (Å²) in [5, 5.41) is 13.7. The van der Waals surface area contributed by atoms with Gasteiger partial charge in [-0.05, 0) is 48.0 Å². The zero-order valence-corrected chi connectivity index (χ0v) is 19.6. The largest absolute Gasteiger partial charge is 0.417 e. The van der Waals surface area contributed by atoms with Crippen molar-refractivity contribution in [1.29, 1.82) is 0 Å². The Morgan fingerprint density at radius 1 is 1.08 bits per heavy atom. The van der Waals surface area contributed by atoms with E-state index in [1.165, 1.54) is 48.5 Å². The van der Waals surface area contributed by atoms with E-state index >= 15 is 0 Å². The van der Waals surface area contributed by atoms with Crippen LogP contribution in [-0.2, 0) is 21.0 Å². The number of hydrazone groups is 1. The average Bonchev–Trinajstić information content (AvgIpc) is 2.83. The first-order valence-corrected chi connectivity index (χ1v) is 11.7. The number of non-ortho nitro benzene ring substituents is 1. The number of anilines is 1. The number of hydrogen-bond acceptors (Lipinski definition) is 6. The molecule has 0 aromatic heterocycles. The first-order valence-electron chi connectivity index (χ1n) is 9.90. The van der Waals surface area contributed by atoms with Crippen LogP contribution < -0.4 is 9.73 Å². The maximum atomic E-state index is 13.4. The second-order valence-corrected chi connectivity index (χ2v) is 9.40. The molecule has 0 bridgehead atoms. The molecule has 3 aromatic rings. The van der Waals surface area contributed by atoms with Gasteiger partial charge in [-0.1, -0.05) is 29.8 Å². The lowest BCUT2D eigenvalue weighted by atomic mass is 10.2. The monoisotopic (exact) mass is 540 g/mol. The minimum atomic E-state index is -4.87. The fourth-order valence-electron chi connectivity index (χ4n) is 2.95. The number of sulfonamides is 1. The Morgan fingerprint density at radius 2 is 1.72 bits per heavy atom. The molecule has 14 heteroatoms. The summed E-state index contributed by atoms with van der Waals surface area (Å²) < 4.78 is 67.1. The van der Waals surface area contributed by atoms with Crippen LogP contribution in [0.1, 0.15) is 11.1 Å². The van der Waals surface area contributed by atoms with Crippen LogP contribution in [0.5, 0.6) is 0 Å². The minimum absolute atomic E-state index is 0.154. The highest BCUT2D eigenvalue weighted by Gasteiger charge is 2.35. The van der Waals surface area contributed by atoms with Crippen molar-refractivity contribution in [2.24, 2.45) is 5.10 Å². The Labute approximate surface area is 208 Å². The smallest absolute Gasteiger partial charge is 0.271 e. The number of rotatable bonds is 8. The van der Waals surface area contributed by atoms with Crippen LogP contribution in [0.4, 0.5) is 24.5 Å². The molecule has 0 saturated carbocycles. The molecule has 1 amide bonds. The Kier molecular flexibility index (Phi) is 7.95.